The van der Waals surface area contributed by atoms with Crippen molar-refractivity contribution < 1.29 is 0 Å². The predicted molar refractivity (Wildman–Crippen MR) is 76.9 cm³/mol. The number of hydrogen-bond donors (Lipinski definition) is 1. The van der Waals surface area contributed by atoms with Crippen molar-refractivity contribution in [2.45, 2.75) is 20.3 Å². The molecule has 0 saturated heterocycles. The van der Waals surface area contributed by atoms with Gasteiger partial charge in [0.15, 0.2) is 0 Å². The van der Waals surface area contributed by atoms with Gasteiger partial charge in [0.25, 0.3) is 0 Å². The average Bonchev–Trinajstić information content (AvgIpc) is 2.39. The van der Waals surface area contributed by atoms with Crippen LogP contribution in [0.3, 0.4) is 0 Å². The molecular weight excluding hydrogens is 234 g/mol. The zero-order valence-electron chi connectivity index (χ0n) is 11.3. The molecule has 0 atom stereocenters. The maximum Gasteiger partial charge on any atom is 0.0991 e. The van der Waals surface area contributed by atoms with E-state index in [1.807, 2.05) is 32.1 Å². The fourth-order valence-electron chi connectivity index (χ4n) is 1.74. The van der Waals surface area contributed by atoms with Gasteiger partial charge in [-0.15, -0.1) is 0 Å². The molecule has 19 heavy (non-hydrogen) atoms. The van der Waals surface area contributed by atoms with Crippen LogP contribution in [0.25, 0.3) is 5.57 Å². The van der Waals surface area contributed by atoms with E-state index in [0.717, 1.165) is 22.4 Å². The Labute approximate surface area is 114 Å². The van der Waals surface area contributed by atoms with Crippen LogP contribution in [-0.4, -0.2) is 6.54 Å². The summed E-state index contributed by atoms with van der Waals surface area (Å²) in [5.41, 5.74) is 4.51. The molecule has 1 N–H and O–H groups in total. The number of aryl methyl sites for hydroxylation is 1. The second-order valence-corrected chi connectivity index (χ2v) is 4.33. The summed E-state index contributed by atoms with van der Waals surface area (Å²) < 4.78 is 0. The highest BCUT2D eigenvalue weighted by atomic mass is 14.9. The SMILES string of the molecule is C=C(/C=C(\C)NCCC#N)c1cc(C#N)ccc1C. The quantitative estimate of drug-likeness (QED) is 0.645. The van der Waals surface area contributed by atoms with Crippen molar-refractivity contribution in [3.63, 3.8) is 0 Å². The smallest absolute Gasteiger partial charge is 0.0991 e. The van der Waals surface area contributed by atoms with E-state index in [1.54, 1.807) is 6.07 Å². The molecule has 3 heteroatoms. The number of nitriles is 2. The molecule has 0 aliphatic rings. The first-order valence-electron chi connectivity index (χ1n) is 6.07. The summed E-state index contributed by atoms with van der Waals surface area (Å²) in [4.78, 5) is 0. The van der Waals surface area contributed by atoms with E-state index in [1.165, 1.54) is 0 Å². The van der Waals surface area contributed by atoms with E-state index >= 15 is 0 Å². The monoisotopic (exact) mass is 251 g/mol. The molecule has 0 radical (unpaired) electrons. The van der Waals surface area contributed by atoms with E-state index in [-0.39, 0.29) is 0 Å². The second-order valence-electron chi connectivity index (χ2n) is 4.33. The number of benzene rings is 1. The van der Waals surface area contributed by atoms with Gasteiger partial charge < -0.3 is 5.32 Å². The van der Waals surface area contributed by atoms with Crippen molar-refractivity contribution in [3.05, 3.63) is 53.2 Å². The molecule has 1 rings (SSSR count). The number of nitrogens with one attached hydrogen (secondary N) is 1. The molecule has 1 aromatic rings. The standard InChI is InChI=1S/C16H17N3/c1-12-5-6-15(11-18)10-16(12)13(2)9-14(3)19-8-4-7-17/h5-6,9-10,19H,2,4,8H2,1,3H3/b14-9+. The number of hydrogen-bond acceptors (Lipinski definition) is 3. The van der Waals surface area contributed by atoms with Gasteiger partial charge in [0.2, 0.25) is 0 Å². The molecule has 0 bridgehead atoms. The molecule has 0 saturated carbocycles. The zero-order valence-corrected chi connectivity index (χ0v) is 11.3. The van der Waals surface area contributed by atoms with Crippen LogP contribution in [-0.2, 0) is 0 Å². The van der Waals surface area contributed by atoms with Gasteiger partial charge in [-0.25, -0.2) is 0 Å². The minimum absolute atomic E-state index is 0.473. The Balaban J connectivity index is 2.86. The second kappa shape index (κ2) is 7.03. The summed E-state index contributed by atoms with van der Waals surface area (Å²) in [6, 6.07) is 9.78. The third-order valence-corrected chi connectivity index (χ3v) is 2.74. The van der Waals surface area contributed by atoms with Crippen molar-refractivity contribution in [1.29, 1.82) is 10.5 Å². The molecule has 0 fully saturated rings. The lowest BCUT2D eigenvalue weighted by Gasteiger charge is -2.09. The Bertz CT molecular complexity index is 583. The summed E-state index contributed by atoms with van der Waals surface area (Å²) in [5, 5.41) is 20.5. The van der Waals surface area contributed by atoms with Gasteiger partial charge in [-0.3, -0.25) is 0 Å². The van der Waals surface area contributed by atoms with Gasteiger partial charge in [-0.2, -0.15) is 10.5 Å². The molecule has 0 aliphatic carbocycles. The third kappa shape index (κ3) is 4.33. The Kier molecular flexibility index (Phi) is 5.38. The Morgan fingerprint density at radius 2 is 2.16 bits per heavy atom. The molecule has 1 aromatic carbocycles. The van der Waals surface area contributed by atoms with Crippen molar-refractivity contribution in [2.75, 3.05) is 6.54 Å². The van der Waals surface area contributed by atoms with E-state index in [4.69, 9.17) is 10.5 Å². The summed E-state index contributed by atoms with van der Waals surface area (Å²) in [6.07, 6.45) is 2.40. The van der Waals surface area contributed by atoms with Gasteiger partial charge in [-0.1, -0.05) is 12.6 Å². The highest BCUT2D eigenvalue weighted by Crippen LogP contribution is 2.20. The summed E-state index contributed by atoms with van der Waals surface area (Å²) in [7, 11) is 0. The molecular formula is C16H17N3. The summed E-state index contributed by atoms with van der Waals surface area (Å²) >= 11 is 0. The van der Waals surface area contributed by atoms with Crippen LogP contribution in [0, 0.1) is 29.6 Å². The number of nitrogens with zero attached hydrogens (tertiary/aromatic N) is 2. The van der Waals surface area contributed by atoms with E-state index < -0.39 is 0 Å². The number of rotatable bonds is 5. The van der Waals surface area contributed by atoms with Crippen LogP contribution in [0.5, 0.6) is 0 Å². The minimum Gasteiger partial charge on any atom is -0.388 e. The molecule has 0 unspecified atom stereocenters. The lowest BCUT2D eigenvalue weighted by Crippen LogP contribution is -2.12. The van der Waals surface area contributed by atoms with Crippen LogP contribution in [0.4, 0.5) is 0 Å². The van der Waals surface area contributed by atoms with E-state index in [9.17, 15) is 0 Å². The molecule has 96 valence electrons. The van der Waals surface area contributed by atoms with Crippen LogP contribution in [0.15, 0.2) is 36.6 Å². The molecule has 0 spiro atoms. The van der Waals surface area contributed by atoms with Crippen LogP contribution >= 0.6 is 0 Å². The molecule has 3 nitrogen and oxygen atoms in total. The van der Waals surface area contributed by atoms with Crippen molar-refractivity contribution in [2.24, 2.45) is 0 Å². The maximum atomic E-state index is 8.92. The molecule has 0 aliphatic heterocycles. The zero-order chi connectivity index (χ0) is 14.3. The fraction of sp³-hybridized carbons (Fsp3) is 0.250. The van der Waals surface area contributed by atoms with Gasteiger partial charge in [-0.05, 0) is 48.8 Å². The van der Waals surface area contributed by atoms with Gasteiger partial charge >= 0.3 is 0 Å². The fourth-order valence-corrected chi connectivity index (χ4v) is 1.74. The van der Waals surface area contributed by atoms with Crippen molar-refractivity contribution in [1.82, 2.24) is 5.32 Å². The van der Waals surface area contributed by atoms with Crippen LogP contribution < -0.4 is 5.32 Å². The van der Waals surface area contributed by atoms with Crippen molar-refractivity contribution in [3.8, 4) is 12.1 Å². The van der Waals surface area contributed by atoms with Crippen LogP contribution in [0.2, 0.25) is 0 Å². The Morgan fingerprint density at radius 1 is 1.42 bits per heavy atom. The highest BCUT2D eigenvalue weighted by molar-refractivity contribution is 5.75. The van der Waals surface area contributed by atoms with Crippen molar-refractivity contribution >= 4 is 5.57 Å². The molecule has 0 aromatic heterocycles. The van der Waals surface area contributed by atoms with Crippen LogP contribution in [0.1, 0.15) is 30.0 Å². The number of allylic oxidation sites excluding steroid dienone is 3. The lowest BCUT2D eigenvalue weighted by molar-refractivity contribution is 0.809. The normalized spacial score (nSPS) is 10.4. The average molecular weight is 251 g/mol. The van der Waals surface area contributed by atoms with E-state index in [0.29, 0.717) is 18.5 Å². The third-order valence-electron chi connectivity index (χ3n) is 2.74. The first-order chi connectivity index (χ1) is 9.08. The molecule has 0 amide bonds. The Hall–Kier alpha value is -2.52. The van der Waals surface area contributed by atoms with Gasteiger partial charge in [0, 0.05) is 12.2 Å². The maximum absolute atomic E-state index is 8.92. The Morgan fingerprint density at radius 3 is 2.79 bits per heavy atom. The minimum atomic E-state index is 0.473. The highest BCUT2D eigenvalue weighted by Gasteiger charge is 2.03. The summed E-state index contributed by atoms with van der Waals surface area (Å²) in [5.74, 6) is 0. The van der Waals surface area contributed by atoms with E-state index in [2.05, 4.69) is 24.0 Å². The van der Waals surface area contributed by atoms with Gasteiger partial charge in [0.1, 0.15) is 0 Å². The first kappa shape index (κ1) is 14.5. The topological polar surface area (TPSA) is 59.6 Å². The largest absolute Gasteiger partial charge is 0.388 e. The van der Waals surface area contributed by atoms with Gasteiger partial charge in [0.05, 0.1) is 24.1 Å². The predicted octanol–water partition coefficient (Wildman–Crippen LogP) is 3.29. The molecule has 0 heterocycles. The first-order valence-corrected chi connectivity index (χ1v) is 6.07. The lowest BCUT2D eigenvalue weighted by atomic mass is 9.99. The summed E-state index contributed by atoms with van der Waals surface area (Å²) in [6.45, 7) is 8.60.